The Labute approximate surface area is 123 Å². The van der Waals surface area contributed by atoms with Crippen molar-refractivity contribution in [2.24, 2.45) is 5.92 Å². The summed E-state index contributed by atoms with van der Waals surface area (Å²) in [6.45, 7) is 3.84. The van der Waals surface area contributed by atoms with Gasteiger partial charge in [0.25, 0.3) is 0 Å². The molecule has 0 aliphatic heterocycles. The molecule has 1 amide bonds. The van der Waals surface area contributed by atoms with Crippen LogP contribution in [0.15, 0.2) is 18.2 Å². The van der Waals surface area contributed by atoms with Crippen molar-refractivity contribution in [3.8, 4) is 5.75 Å². The van der Waals surface area contributed by atoms with Crippen LogP contribution >= 0.6 is 0 Å². The molecule has 0 saturated heterocycles. The summed E-state index contributed by atoms with van der Waals surface area (Å²) < 4.78 is 31.1. The lowest BCUT2D eigenvalue weighted by atomic mass is 10.1. The van der Waals surface area contributed by atoms with Gasteiger partial charge in [0, 0.05) is 25.1 Å². The zero-order valence-corrected chi connectivity index (χ0v) is 12.2. The van der Waals surface area contributed by atoms with Gasteiger partial charge in [-0.25, -0.2) is 8.78 Å². The molecule has 0 spiro atoms. The Morgan fingerprint density at radius 2 is 2.10 bits per heavy atom. The molecule has 1 aromatic rings. The molecule has 0 heterocycles. The molecule has 0 aromatic heterocycles. The number of aliphatic hydroxyl groups excluding tert-OH is 1. The lowest BCUT2D eigenvalue weighted by Crippen LogP contribution is -2.38. The van der Waals surface area contributed by atoms with Gasteiger partial charge < -0.3 is 15.2 Å². The van der Waals surface area contributed by atoms with E-state index < -0.39 is 11.6 Å². The maximum atomic E-state index is 13.3. The monoisotopic (exact) mass is 301 g/mol. The number of benzene rings is 1. The minimum absolute atomic E-state index is 0.00833. The largest absolute Gasteiger partial charge is 0.491 e. The third-order valence-corrected chi connectivity index (χ3v) is 3.23. The van der Waals surface area contributed by atoms with Crippen molar-refractivity contribution in [1.29, 1.82) is 0 Å². The van der Waals surface area contributed by atoms with Gasteiger partial charge in [-0.3, -0.25) is 4.79 Å². The van der Waals surface area contributed by atoms with Crippen LogP contribution in [-0.2, 0) is 4.79 Å². The average molecular weight is 301 g/mol. The van der Waals surface area contributed by atoms with Gasteiger partial charge in [0.1, 0.15) is 5.82 Å². The predicted octanol–water partition coefficient (Wildman–Crippen LogP) is 2.26. The maximum Gasteiger partial charge on any atom is 0.220 e. The predicted molar refractivity (Wildman–Crippen MR) is 74.9 cm³/mol. The number of nitrogens with one attached hydrogen (secondary N) is 1. The smallest absolute Gasteiger partial charge is 0.220 e. The normalized spacial score (nSPS) is 13.6. The van der Waals surface area contributed by atoms with Gasteiger partial charge in [0.05, 0.1) is 6.61 Å². The highest BCUT2D eigenvalue weighted by atomic mass is 19.1. The molecule has 2 unspecified atom stereocenters. The van der Waals surface area contributed by atoms with Crippen LogP contribution in [0.25, 0.3) is 0 Å². The van der Waals surface area contributed by atoms with Crippen LogP contribution < -0.4 is 10.1 Å². The Morgan fingerprint density at radius 1 is 1.38 bits per heavy atom. The zero-order valence-electron chi connectivity index (χ0n) is 12.2. The lowest BCUT2D eigenvalue weighted by Gasteiger charge is -2.19. The standard InChI is InChI=1S/C15H21F2NO3/c1-10(9-19)11(2)18-15(20)4-3-7-21-14-6-5-12(16)8-13(14)17/h5-6,8,10-11,19H,3-4,7,9H2,1-2H3,(H,18,20). The summed E-state index contributed by atoms with van der Waals surface area (Å²) in [7, 11) is 0. The molecule has 2 N–H and O–H groups in total. The number of aliphatic hydroxyl groups is 1. The number of carbonyl (C=O) groups is 1. The van der Waals surface area contributed by atoms with Gasteiger partial charge in [-0.05, 0) is 31.4 Å². The Balaban J connectivity index is 2.26. The van der Waals surface area contributed by atoms with Gasteiger partial charge >= 0.3 is 0 Å². The first-order valence-corrected chi connectivity index (χ1v) is 6.92. The molecule has 118 valence electrons. The highest BCUT2D eigenvalue weighted by molar-refractivity contribution is 5.76. The average Bonchev–Trinajstić information content (AvgIpc) is 2.44. The van der Waals surface area contributed by atoms with E-state index in [0.717, 1.165) is 12.1 Å². The number of hydrogen-bond acceptors (Lipinski definition) is 3. The molecule has 2 atom stereocenters. The van der Waals surface area contributed by atoms with Crippen LogP contribution in [0.4, 0.5) is 8.78 Å². The summed E-state index contributed by atoms with van der Waals surface area (Å²) >= 11 is 0. The summed E-state index contributed by atoms with van der Waals surface area (Å²) in [5.74, 6) is -1.61. The van der Waals surface area contributed by atoms with Crippen molar-refractivity contribution in [3.05, 3.63) is 29.8 Å². The molecule has 4 nitrogen and oxygen atoms in total. The SMILES string of the molecule is CC(CO)C(C)NC(=O)CCCOc1ccc(F)cc1F. The summed E-state index contributed by atoms with van der Waals surface area (Å²) in [6, 6.07) is 2.97. The molecule has 21 heavy (non-hydrogen) atoms. The van der Waals surface area contributed by atoms with E-state index in [1.165, 1.54) is 6.07 Å². The van der Waals surface area contributed by atoms with Crippen molar-refractivity contribution in [2.45, 2.75) is 32.7 Å². The van der Waals surface area contributed by atoms with Gasteiger partial charge in [-0.15, -0.1) is 0 Å². The van der Waals surface area contributed by atoms with Gasteiger partial charge in [-0.2, -0.15) is 0 Å². The number of rotatable bonds is 8. The fraction of sp³-hybridized carbons (Fsp3) is 0.533. The van der Waals surface area contributed by atoms with Crippen molar-refractivity contribution >= 4 is 5.91 Å². The van der Waals surface area contributed by atoms with Crippen LogP contribution in [0.3, 0.4) is 0 Å². The first-order chi connectivity index (χ1) is 9.93. The van der Waals surface area contributed by atoms with Crippen molar-refractivity contribution < 1.29 is 23.4 Å². The zero-order chi connectivity index (χ0) is 15.8. The number of carbonyl (C=O) groups excluding carboxylic acids is 1. The Kier molecular flexibility index (Phi) is 7.08. The number of amides is 1. The Hall–Kier alpha value is -1.69. The Morgan fingerprint density at radius 3 is 2.71 bits per heavy atom. The molecule has 6 heteroatoms. The topological polar surface area (TPSA) is 58.6 Å². The number of ether oxygens (including phenoxy) is 1. The second-order valence-corrected chi connectivity index (χ2v) is 5.04. The summed E-state index contributed by atoms with van der Waals surface area (Å²) in [5, 5.41) is 11.7. The minimum Gasteiger partial charge on any atom is -0.491 e. The van der Waals surface area contributed by atoms with Crippen LogP contribution in [0.2, 0.25) is 0 Å². The molecule has 0 aliphatic rings. The summed E-state index contributed by atoms with van der Waals surface area (Å²) in [4.78, 5) is 11.6. The molecule has 0 aliphatic carbocycles. The maximum absolute atomic E-state index is 13.3. The van der Waals surface area contributed by atoms with Crippen LogP contribution in [0.1, 0.15) is 26.7 Å². The third-order valence-electron chi connectivity index (χ3n) is 3.23. The van der Waals surface area contributed by atoms with E-state index in [9.17, 15) is 13.6 Å². The van der Waals surface area contributed by atoms with E-state index in [1.807, 2.05) is 13.8 Å². The van der Waals surface area contributed by atoms with E-state index in [-0.39, 0.29) is 43.3 Å². The fourth-order valence-electron chi connectivity index (χ4n) is 1.63. The first-order valence-electron chi connectivity index (χ1n) is 6.92. The highest BCUT2D eigenvalue weighted by Crippen LogP contribution is 2.17. The number of halogens is 2. The fourth-order valence-corrected chi connectivity index (χ4v) is 1.63. The second-order valence-electron chi connectivity index (χ2n) is 5.04. The minimum atomic E-state index is -0.759. The molecule has 0 fully saturated rings. The molecular weight excluding hydrogens is 280 g/mol. The number of hydrogen-bond donors (Lipinski definition) is 2. The van der Waals surface area contributed by atoms with Crippen molar-refractivity contribution in [2.75, 3.05) is 13.2 Å². The second kappa shape index (κ2) is 8.56. The van der Waals surface area contributed by atoms with E-state index in [1.54, 1.807) is 0 Å². The third kappa shape index (κ3) is 6.08. The molecule has 0 saturated carbocycles. The van der Waals surface area contributed by atoms with Gasteiger partial charge in [0.2, 0.25) is 5.91 Å². The molecule has 0 bridgehead atoms. The Bertz CT molecular complexity index is 468. The van der Waals surface area contributed by atoms with Gasteiger partial charge in [-0.1, -0.05) is 6.92 Å². The quantitative estimate of drug-likeness (QED) is 0.724. The van der Waals surface area contributed by atoms with Crippen molar-refractivity contribution in [3.63, 3.8) is 0 Å². The van der Waals surface area contributed by atoms with E-state index in [0.29, 0.717) is 6.42 Å². The molecule has 0 radical (unpaired) electrons. The lowest BCUT2D eigenvalue weighted by molar-refractivity contribution is -0.122. The van der Waals surface area contributed by atoms with Crippen LogP contribution in [0.5, 0.6) is 5.75 Å². The summed E-state index contributed by atoms with van der Waals surface area (Å²) in [5.41, 5.74) is 0. The van der Waals surface area contributed by atoms with Crippen LogP contribution in [-0.4, -0.2) is 30.3 Å². The van der Waals surface area contributed by atoms with E-state index in [4.69, 9.17) is 9.84 Å². The van der Waals surface area contributed by atoms with E-state index in [2.05, 4.69) is 5.32 Å². The van der Waals surface area contributed by atoms with Crippen molar-refractivity contribution in [1.82, 2.24) is 5.32 Å². The molecular formula is C15H21F2NO3. The van der Waals surface area contributed by atoms with Gasteiger partial charge in [0.15, 0.2) is 11.6 Å². The van der Waals surface area contributed by atoms with E-state index >= 15 is 0 Å². The highest BCUT2D eigenvalue weighted by Gasteiger charge is 2.13. The first kappa shape index (κ1) is 17.4. The van der Waals surface area contributed by atoms with Crippen LogP contribution in [0, 0.1) is 17.6 Å². The molecule has 1 aromatic carbocycles. The molecule has 1 rings (SSSR count). The summed E-state index contributed by atoms with van der Waals surface area (Å²) in [6.07, 6.45) is 0.661.